The van der Waals surface area contributed by atoms with Gasteiger partial charge in [-0.2, -0.15) is 0 Å². The van der Waals surface area contributed by atoms with E-state index in [2.05, 4.69) is 19.9 Å². The molecule has 0 aromatic rings. The molecule has 2 heterocycles. The Labute approximate surface area is 173 Å². The fraction of sp³-hybridized carbons (Fsp3) is 0.826. The smallest absolute Gasteiger partial charge is 0.315 e. The Kier molecular flexibility index (Phi) is 5.77. The van der Waals surface area contributed by atoms with Crippen molar-refractivity contribution in [1.82, 2.24) is 0 Å². The molecule has 2 N–H and O–H groups in total. The van der Waals surface area contributed by atoms with Crippen molar-refractivity contribution in [3.05, 3.63) is 11.6 Å². The number of ether oxygens (including phenoxy) is 2. The van der Waals surface area contributed by atoms with Gasteiger partial charge in [0, 0.05) is 30.6 Å². The number of hydrogen-bond donors (Lipinski definition) is 2. The van der Waals surface area contributed by atoms with Crippen LogP contribution >= 0.6 is 0 Å². The maximum absolute atomic E-state index is 12.8. The Hall–Kier alpha value is -1.40. The fourth-order valence-corrected chi connectivity index (χ4v) is 6.33. The number of fused-ring (bicyclic) bond motifs is 2. The largest absolute Gasteiger partial charge is 0.466 e. The van der Waals surface area contributed by atoms with E-state index in [1.807, 2.05) is 6.92 Å². The molecule has 6 nitrogen and oxygen atoms in total. The van der Waals surface area contributed by atoms with Crippen molar-refractivity contribution in [2.24, 2.45) is 29.1 Å². The highest BCUT2D eigenvalue weighted by atomic mass is 16.6. The lowest BCUT2D eigenvalue weighted by Crippen LogP contribution is -3.14. The standard InChI is InChI=1S/C23H35NO5/c1-4-28-21(26)15-8-10-24(11-9-15)13-17-19-18(29-22(17)27)12-16-7-5-6-14(2)23(16,3)20(19)25/h7,14-15,17-20,25H,4-6,8-13H2,1-3H3/p+1/t14-,17-,18-,19+,20-,23-/m0/s1. The molecule has 2 aliphatic heterocycles. The van der Waals surface area contributed by atoms with Gasteiger partial charge in [-0.3, -0.25) is 9.59 Å². The fourth-order valence-electron chi connectivity index (χ4n) is 6.33. The van der Waals surface area contributed by atoms with E-state index in [0.717, 1.165) is 45.2 Å². The van der Waals surface area contributed by atoms with Crippen molar-refractivity contribution in [3.63, 3.8) is 0 Å². The molecule has 2 saturated heterocycles. The van der Waals surface area contributed by atoms with Crippen LogP contribution in [-0.4, -0.2) is 55.5 Å². The normalized spacial score (nSPS) is 44.3. The zero-order chi connectivity index (χ0) is 20.8. The number of piperidine rings is 1. The van der Waals surface area contributed by atoms with Gasteiger partial charge in [-0.15, -0.1) is 0 Å². The first kappa shape index (κ1) is 20.9. The van der Waals surface area contributed by atoms with E-state index in [0.29, 0.717) is 19.1 Å². The van der Waals surface area contributed by atoms with Crippen molar-refractivity contribution >= 4 is 11.9 Å². The predicted molar refractivity (Wildman–Crippen MR) is 107 cm³/mol. The molecule has 0 spiro atoms. The molecule has 6 heteroatoms. The molecule has 0 aromatic heterocycles. The zero-order valence-electron chi connectivity index (χ0n) is 18.0. The monoisotopic (exact) mass is 406 g/mol. The van der Waals surface area contributed by atoms with Gasteiger partial charge in [-0.05, 0) is 25.7 Å². The lowest BCUT2D eigenvalue weighted by molar-refractivity contribution is -0.908. The van der Waals surface area contributed by atoms with Crippen LogP contribution in [0.5, 0.6) is 0 Å². The van der Waals surface area contributed by atoms with Crippen LogP contribution in [-0.2, 0) is 19.1 Å². The van der Waals surface area contributed by atoms with Crippen molar-refractivity contribution in [1.29, 1.82) is 0 Å². The van der Waals surface area contributed by atoms with E-state index < -0.39 is 6.10 Å². The number of nitrogens with one attached hydrogen (secondary N) is 1. The van der Waals surface area contributed by atoms with Crippen LogP contribution in [0.15, 0.2) is 11.6 Å². The summed E-state index contributed by atoms with van der Waals surface area (Å²) in [5.41, 5.74) is 1.03. The second-order valence-electron chi connectivity index (χ2n) is 9.78. The third kappa shape index (κ3) is 3.52. The molecular weight excluding hydrogens is 370 g/mol. The molecular formula is C23H36NO5+. The third-order valence-electron chi connectivity index (χ3n) is 8.39. The lowest BCUT2D eigenvalue weighted by Gasteiger charge is -2.51. The summed E-state index contributed by atoms with van der Waals surface area (Å²) in [5, 5.41) is 11.5. The van der Waals surface area contributed by atoms with Crippen molar-refractivity contribution in [3.8, 4) is 0 Å². The zero-order valence-corrected chi connectivity index (χ0v) is 18.0. The third-order valence-corrected chi connectivity index (χ3v) is 8.39. The molecule has 29 heavy (non-hydrogen) atoms. The van der Waals surface area contributed by atoms with E-state index in [4.69, 9.17) is 9.47 Å². The molecule has 0 bridgehead atoms. The highest BCUT2D eigenvalue weighted by Gasteiger charge is 2.60. The molecule has 0 radical (unpaired) electrons. The summed E-state index contributed by atoms with van der Waals surface area (Å²) in [4.78, 5) is 26.1. The van der Waals surface area contributed by atoms with Gasteiger partial charge in [-0.25, -0.2) is 0 Å². The summed E-state index contributed by atoms with van der Waals surface area (Å²) in [6.07, 6.45) is 6.03. The highest BCUT2D eigenvalue weighted by Crippen LogP contribution is 2.55. The van der Waals surface area contributed by atoms with E-state index in [1.165, 1.54) is 10.5 Å². The van der Waals surface area contributed by atoms with Gasteiger partial charge in [0.05, 0.1) is 38.3 Å². The van der Waals surface area contributed by atoms with Crippen molar-refractivity contribution in [2.75, 3.05) is 26.2 Å². The van der Waals surface area contributed by atoms with Crippen molar-refractivity contribution in [2.45, 2.75) is 65.1 Å². The number of hydrogen-bond acceptors (Lipinski definition) is 5. The van der Waals surface area contributed by atoms with E-state index in [9.17, 15) is 14.7 Å². The van der Waals surface area contributed by atoms with Gasteiger partial charge in [-0.1, -0.05) is 25.5 Å². The van der Waals surface area contributed by atoms with E-state index in [-0.39, 0.29) is 41.2 Å². The van der Waals surface area contributed by atoms with Gasteiger partial charge in [0.1, 0.15) is 12.0 Å². The van der Waals surface area contributed by atoms with Crippen LogP contribution in [0, 0.1) is 29.1 Å². The molecule has 0 aromatic carbocycles. The highest BCUT2D eigenvalue weighted by molar-refractivity contribution is 5.76. The average Bonchev–Trinajstić information content (AvgIpc) is 3.00. The Morgan fingerprint density at radius 2 is 2.07 bits per heavy atom. The topological polar surface area (TPSA) is 77.3 Å². The number of rotatable bonds is 4. The van der Waals surface area contributed by atoms with Gasteiger partial charge in [0.25, 0.3) is 0 Å². The second-order valence-corrected chi connectivity index (χ2v) is 9.78. The summed E-state index contributed by atoms with van der Waals surface area (Å²) >= 11 is 0. The molecule has 0 unspecified atom stereocenters. The van der Waals surface area contributed by atoms with Crippen molar-refractivity contribution < 1.29 is 29.1 Å². The Bertz CT molecular complexity index is 683. The van der Waals surface area contributed by atoms with Crippen LogP contribution in [0.1, 0.15) is 52.9 Å². The van der Waals surface area contributed by atoms with Crippen LogP contribution in [0.2, 0.25) is 0 Å². The van der Waals surface area contributed by atoms with Crippen LogP contribution in [0.25, 0.3) is 0 Å². The average molecular weight is 407 g/mol. The number of esters is 2. The minimum atomic E-state index is -0.546. The summed E-state index contributed by atoms with van der Waals surface area (Å²) < 4.78 is 10.9. The molecule has 6 atom stereocenters. The van der Waals surface area contributed by atoms with E-state index in [1.54, 1.807) is 0 Å². The van der Waals surface area contributed by atoms with Crippen LogP contribution < -0.4 is 4.90 Å². The first-order valence-corrected chi connectivity index (χ1v) is 11.4. The molecule has 162 valence electrons. The Balaban J connectivity index is 1.44. The molecule has 4 aliphatic rings. The maximum atomic E-state index is 12.8. The molecule has 3 fully saturated rings. The second kappa shape index (κ2) is 8.03. The first-order valence-electron chi connectivity index (χ1n) is 11.4. The van der Waals surface area contributed by atoms with Gasteiger partial charge < -0.3 is 19.5 Å². The van der Waals surface area contributed by atoms with Gasteiger partial charge in [0.15, 0.2) is 0 Å². The SMILES string of the molecule is CCOC(=O)C1CC[NH+](C[C@@H]2C(=O)O[C@H]3CC4=CCC[C@H](C)[C@]4(C)[C@@H](O)[C@@H]32)CC1. The number of carbonyl (C=O) groups excluding carboxylic acids is 2. The molecule has 2 aliphatic carbocycles. The Morgan fingerprint density at radius 1 is 1.34 bits per heavy atom. The summed E-state index contributed by atoms with van der Waals surface area (Å²) in [7, 11) is 0. The number of aliphatic hydroxyl groups is 1. The first-order chi connectivity index (χ1) is 13.9. The summed E-state index contributed by atoms with van der Waals surface area (Å²) in [6, 6.07) is 0. The Morgan fingerprint density at radius 3 is 2.76 bits per heavy atom. The quantitative estimate of drug-likeness (QED) is 0.541. The number of allylic oxidation sites excluding steroid dienone is 1. The molecule has 1 saturated carbocycles. The van der Waals surface area contributed by atoms with Crippen LogP contribution in [0.4, 0.5) is 0 Å². The maximum Gasteiger partial charge on any atom is 0.315 e. The predicted octanol–water partition coefficient (Wildman–Crippen LogP) is 1.13. The molecule has 0 amide bonds. The summed E-state index contributed by atoms with van der Waals surface area (Å²) in [5.74, 6) is -0.223. The lowest BCUT2D eigenvalue weighted by atomic mass is 9.55. The van der Waals surface area contributed by atoms with Gasteiger partial charge in [0.2, 0.25) is 0 Å². The minimum Gasteiger partial charge on any atom is -0.466 e. The minimum absolute atomic E-state index is 0.0167. The number of quaternary nitrogens is 1. The number of aliphatic hydroxyl groups excluding tert-OH is 1. The summed E-state index contributed by atoms with van der Waals surface area (Å²) in [6.45, 7) is 9.09. The van der Waals surface area contributed by atoms with Crippen LogP contribution in [0.3, 0.4) is 0 Å². The number of likely N-dealkylation sites (tertiary alicyclic amines) is 1. The molecule has 4 rings (SSSR count). The van der Waals surface area contributed by atoms with Gasteiger partial charge >= 0.3 is 11.9 Å². The number of carbonyl (C=O) groups is 2. The van der Waals surface area contributed by atoms with E-state index >= 15 is 0 Å².